The average Bonchev–Trinajstić information content (AvgIpc) is 3.14. The molecular weight excluding hydrogens is 503 g/mol. The summed E-state index contributed by atoms with van der Waals surface area (Å²) in [4.78, 5) is 26.2. The van der Waals surface area contributed by atoms with Gasteiger partial charge in [-0.25, -0.2) is 4.79 Å². The first-order chi connectivity index (χ1) is 16.9. The standard InChI is InChI=1S/C22H28ClN3O3.C2HF3O2/c1-16-18(17(2)29-24-16)14-26-12-10-22(26)9-5-11-25(15-22)21(27)8-13-28-20-7-4-3-6-19(20)23;3-2(4,5)1(6)7/h3-4,6-7H,5,8-15H2,1-2H3;(H,6,7). The van der Waals surface area contributed by atoms with E-state index in [1.165, 1.54) is 5.56 Å². The van der Waals surface area contributed by atoms with Crippen LogP contribution in [0.3, 0.4) is 0 Å². The van der Waals surface area contributed by atoms with Crippen LogP contribution in [-0.4, -0.2) is 69.9 Å². The molecule has 1 spiro atoms. The van der Waals surface area contributed by atoms with E-state index in [1.807, 2.05) is 36.9 Å². The van der Waals surface area contributed by atoms with E-state index in [1.54, 1.807) is 6.07 Å². The molecule has 198 valence electrons. The molecule has 2 saturated heterocycles. The van der Waals surface area contributed by atoms with Crippen molar-refractivity contribution >= 4 is 23.5 Å². The van der Waals surface area contributed by atoms with Crippen molar-refractivity contribution in [1.29, 1.82) is 0 Å². The zero-order chi connectivity index (χ0) is 26.5. The monoisotopic (exact) mass is 531 g/mol. The summed E-state index contributed by atoms with van der Waals surface area (Å²) in [5, 5.41) is 11.8. The number of aliphatic carboxylic acids is 1. The Morgan fingerprint density at radius 1 is 1.22 bits per heavy atom. The fourth-order valence-electron chi connectivity index (χ4n) is 4.51. The van der Waals surface area contributed by atoms with Crippen LogP contribution in [0.1, 0.15) is 42.7 Å². The van der Waals surface area contributed by atoms with Gasteiger partial charge in [0.15, 0.2) is 0 Å². The number of hydrogen-bond acceptors (Lipinski definition) is 6. The first kappa shape index (κ1) is 27.8. The van der Waals surface area contributed by atoms with Crippen molar-refractivity contribution in [3.8, 4) is 5.75 Å². The molecule has 2 fully saturated rings. The summed E-state index contributed by atoms with van der Waals surface area (Å²) in [6, 6.07) is 7.35. The number of carbonyl (C=O) groups excluding carboxylic acids is 1. The second-order valence-corrected chi connectivity index (χ2v) is 9.36. The third-order valence-corrected chi connectivity index (χ3v) is 6.92. The Morgan fingerprint density at radius 3 is 2.47 bits per heavy atom. The Kier molecular flexibility index (Phi) is 8.89. The molecule has 0 radical (unpaired) electrons. The first-order valence-electron chi connectivity index (χ1n) is 11.5. The van der Waals surface area contributed by atoms with Crippen molar-refractivity contribution in [2.24, 2.45) is 0 Å². The van der Waals surface area contributed by atoms with Crippen LogP contribution in [-0.2, 0) is 16.1 Å². The smallest absolute Gasteiger partial charge is 0.490 e. The second-order valence-electron chi connectivity index (χ2n) is 8.95. The Hall–Kier alpha value is -2.79. The number of para-hydroxylation sites is 1. The molecule has 1 atom stereocenters. The van der Waals surface area contributed by atoms with Gasteiger partial charge in [0, 0.05) is 37.3 Å². The predicted octanol–water partition coefficient (Wildman–Crippen LogP) is 4.61. The van der Waals surface area contributed by atoms with Crippen LogP contribution in [0.25, 0.3) is 0 Å². The number of ether oxygens (including phenoxy) is 1. The van der Waals surface area contributed by atoms with Crippen molar-refractivity contribution in [2.45, 2.75) is 57.8 Å². The molecule has 2 aliphatic rings. The number of benzene rings is 1. The maximum Gasteiger partial charge on any atom is 0.490 e. The van der Waals surface area contributed by atoms with Gasteiger partial charge in [0.05, 0.1) is 23.7 Å². The molecule has 0 saturated carbocycles. The van der Waals surface area contributed by atoms with Crippen LogP contribution in [0.2, 0.25) is 5.02 Å². The number of carboxylic acid groups (broad SMARTS) is 1. The van der Waals surface area contributed by atoms with Gasteiger partial charge in [0.2, 0.25) is 5.91 Å². The number of piperidine rings is 1. The van der Waals surface area contributed by atoms with E-state index in [9.17, 15) is 18.0 Å². The number of aromatic nitrogens is 1. The molecule has 0 bridgehead atoms. The molecule has 36 heavy (non-hydrogen) atoms. The maximum atomic E-state index is 12.8. The zero-order valence-corrected chi connectivity index (χ0v) is 20.9. The quantitative estimate of drug-likeness (QED) is 0.581. The lowest BCUT2D eigenvalue weighted by atomic mass is 9.77. The Morgan fingerprint density at radius 2 is 1.92 bits per heavy atom. The summed E-state index contributed by atoms with van der Waals surface area (Å²) in [5.41, 5.74) is 2.24. The number of alkyl halides is 3. The summed E-state index contributed by atoms with van der Waals surface area (Å²) >= 11 is 6.11. The van der Waals surface area contributed by atoms with E-state index in [2.05, 4.69) is 10.1 Å². The molecule has 4 rings (SSSR count). The fraction of sp³-hybridized carbons (Fsp3) is 0.542. The van der Waals surface area contributed by atoms with Crippen LogP contribution in [0.15, 0.2) is 28.8 Å². The number of rotatable bonds is 6. The highest BCUT2D eigenvalue weighted by molar-refractivity contribution is 6.32. The number of halogens is 4. The third-order valence-electron chi connectivity index (χ3n) is 6.61. The number of nitrogens with zero attached hydrogens (tertiary/aromatic N) is 3. The lowest BCUT2D eigenvalue weighted by molar-refractivity contribution is -0.192. The van der Waals surface area contributed by atoms with Gasteiger partial charge in [-0.2, -0.15) is 13.2 Å². The number of amides is 1. The summed E-state index contributed by atoms with van der Waals surface area (Å²) < 4.78 is 42.8. The first-order valence-corrected chi connectivity index (χ1v) is 11.9. The number of hydrogen-bond donors (Lipinski definition) is 1. The van der Waals surface area contributed by atoms with Crippen LogP contribution < -0.4 is 4.74 Å². The molecule has 12 heteroatoms. The number of likely N-dealkylation sites (tertiary alicyclic amines) is 2. The van der Waals surface area contributed by atoms with Crippen molar-refractivity contribution in [2.75, 3.05) is 26.2 Å². The molecular formula is C24H29ClF3N3O5. The number of carboxylic acids is 1. The Balaban J connectivity index is 0.000000454. The highest BCUT2D eigenvalue weighted by Gasteiger charge is 2.48. The topological polar surface area (TPSA) is 96.1 Å². The van der Waals surface area contributed by atoms with Gasteiger partial charge in [-0.3, -0.25) is 9.69 Å². The highest BCUT2D eigenvalue weighted by atomic mass is 35.5. The number of carbonyl (C=O) groups is 2. The van der Waals surface area contributed by atoms with Crippen molar-refractivity contribution in [1.82, 2.24) is 15.0 Å². The van der Waals surface area contributed by atoms with E-state index in [4.69, 9.17) is 30.8 Å². The predicted molar refractivity (Wildman–Crippen MR) is 125 cm³/mol. The van der Waals surface area contributed by atoms with Crippen LogP contribution >= 0.6 is 11.6 Å². The van der Waals surface area contributed by atoms with Gasteiger partial charge < -0.3 is 19.3 Å². The normalized spacial score (nSPS) is 19.9. The molecule has 1 aromatic heterocycles. The Labute approximate surface area is 211 Å². The van der Waals surface area contributed by atoms with E-state index in [-0.39, 0.29) is 11.4 Å². The summed E-state index contributed by atoms with van der Waals surface area (Å²) in [7, 11) is 0. The van der Waals surface area contributed by atoms with Crippen LogP contribution in [0, 0.1) is 13.8 Å². The van der Waals surface area contributed by atoms with E-state index >= 15 is 0 Å². The molecule has 3 heterocycles. The van der Waals surface area contributed by atoms with E-state index in [0.29, 0.717) is 23.8 Å². The van der Waals surface area contributed by atoms with Crippen LogP contribution in [0.5, 0.6) is 5.75 Å². The van der Waals surface area contributed by atoms with Crippen LogP contribution in [0.4, 0.5) is 13.2 Å². The molecule has 1 unspecified atom stereocenters. The molecule has 2 aromatic rings. The van der Waals surface area contributed by atoms with Gasteiger partial charge in [-0.15, -0.1) is 0 Å². The minimum Gasteiger partial charge on any atom is -0.491 e. The molecule has 1 N–H and O–H groups in total. The fourth-order valence-corrected chi connectivity index (χ4v) is 4.70. The van der Waals surface area contributed by atoms with Gasteiger partial charge in [0.1, 0.15) is 11.5 Å². The van der Waals surface area contributed by atoms with Crippen molar-refractivity contribution in [3.05, 3.63) is 46.3 Å². The molecule has 0 aliphatic carbocycles. The molecule has 2 aliphatic heterocycles. The lowest BCUT2D eigenvalue weighted by Crippen LogP contribution is -2.67. The molecule has 1 aromatic carbocycles. The minimum atomic E-state index is -5.08. The van der Waals surface area contributed by atoms with Gasteiger partial charge in [0.25, 0.3) is 0 Å². The van der Waals surface area contributed by atoms with E-state index < -0.39 is 12.1 Å². The third kappa shape index (κ3) is 6.70. The van der Waals surface area contributed by atoms with E-state index in [0.717, 1.165) is 56.9 Å². The SMILES string of the molecule is Cc1noc(C)c1CN1CCC12CCCN(C(=O)CCOc1ccccc1Cl)C2.O=C(O)C(F)(F)F. The van der Waals surface area contributed by atoms with Crippen molar-refractivity contribution < 1.29 is 37.1 Å². The summed E-state index contributed by atoms with van der Waals surface area (Å²) in [6.45, 7) is 7.83. The number of aryl methyl sites for hydroxylation is 2. The highest BCUT2D eigenvalue weighted by Crippen LogP contribution is 2.40. The second kappa shape index (κ2) is 11.5. The van der Waals surface area contributed by atoms with Crippen molar-refractivity contribution in [3.63, 3.8) is 0 Å². The van der Waals surface area contributed by atoms with Gasteiger partial charge in [-0.05, 0) is 45.2 Å². The summed E-state index contributed by atoms with van der Waals surface area (Å²) in [5.74, 6) is -1.08. The summed E-state index contributed by atoms with van der Waals surface area (Å²) in [6.07, 6.45) is -1.41. The lowest BCUT2D eigenvalue weighted by Gasteiger charge is -2.57. The van der Waals surface area contributed by atoms with Gasteiger partial charge in [-0.1, -0.05) is 28.9 Å². The Bertz CT molecular complexity index is 1060. The molecule has 8 nitrogen and oxygen atoms in total. The minimum absolute atomic E-state index is 0.0909. The van der Waals surface area contributed by atoms with Gasteiger partial charge >= 0.3 is 12.1 Å². The average molecular weight is 532 g/mol. The largest absolute Gasteiger partial charge is 0.491 e. The zero-order valence-electron chi connectivity index (χ0n) is 20.1. The maximum absolute atomic E-state index is 12.8. The molecule has 1 amide bonds.